The normalized spacial score (nSPS) is 10.6. The molecular weight excluding hydrogens is 292 g/mol. The Labute approximate surface area is 127 Å². The summed E-state index contributed by atoms with van der Waals surface area (Å²) in [7, 11) is 0. The fourth-order valence-electron chi connectivity index (χ4n) is 1.80. The van der Waals surface area contributed by atoms with Crippen LogP contribution in [0.2, 0.25) is 5.02 Å². The van der Waals surface area contributed by atoms with Crippen molar-refractivity contribution in [2.45, 2.75) is 25.9 Å². The third-order valence-corrected chi connectivity index (χ3v) is 3.14. The van der Waals surface area contributed by atoms with Gasteiger partial charge in [0.2, 0.25) is 5.91 Å². The van der Waals surface area contributed by atoms with Crippen molar-refractivity contribution in [2.75, 3.05) is 6.61 Å². The Balaban J connectivity index is 1.78. The number of aryl methyl sites for hydroxylation is 1. The van der Waals surface area contributed by atoms with Crippen LogP contribution in [0.15, 0.2) is 30.5 Å². The van der Waals surface area contributed by atoms with Gasteiger partial charge in [-0.1, -0.05) is 28.9 Å². The smallest absolute Gasteiger partial charge is 0.242 e. The Morgan fingerprint density at radius 2 is 2.10 bits per heavy atom. The number of carbonyl (C=O) groups excluding carboxylic acids is 1. The van der Waals surface area contributed by atoms with Crippen molar-refractivity contribution in [3.63, 3.8) is 0 Å². The average Bonchev–Trinajstić information content (AvgIpc) is 2.92. The molecule has 21 heavy (non-hydrogen) atoms. The number of amides is 1. The summed E-state index contributed by atoms with van der Waals surface area (Å²) in [5.41, 5.74) is 1.75. The molecule has 0 fully saturated rings. The lowest BCUT2D eigenvalue weighted by Crippen LogP contribution is -2.27. The van der Waals surface area contributed by atoms with E-state index in [1.165, 1.54) is 4.68 Å². The van der Waals surface area contributed by atoms with Crippen LogP contribution in [0.1, 0.15) is 17.7 Å². The van der Waals surface area contributed by atoms with E-state index in [1.807, 2.05) is 12.1 Å². The van der Waals surface area contributed by atoms with Crippen molar-refractivity contribution >= 4 is 17.5 Å². The van der Waals surface area contributed by atoms with E-state index < -0.39 is 0 Å². The number of halogens is 1. The van der Waals surface area contributed by atoms with Gasteiger partial charge in [0.15, 0.2) is 0 Å². The second-order valence-electron chi connectivity index (χ2n) is 4.64. The minimum absolute atomic E-state index is 0.119. The van der Waals surface area contributed by atoms with Crippen LogP contribution in [-0.4, -0.2) is 32.6 Å². The van der Waals surface area contributed by atoms with E-state index in [-0.39, 0.29) is 19.1 Å². The van der Waals surface area contributed by atoms with Crippen molar-refractivity contribution in [2.24, 2.45) is 0 Å². The zero-order valence-electron chi connectivity index (χ0n) is 11.5. The monoisotopic (exact) mass is 308 g/mol. The molecule has 2 N–H and O–H groups in total. The maximum Gasteiger partial charge on any atom is 0.242 e. The summed E-state index contributed by atoms with van der Waals surface area (Å²) in [6, 6.07) is 7.30. The van der Waals surface area contributed by atoms with Gasteiger partial charge in [-0.3, -0.25) is 4.79 Å². The number of carbonyl (C=O) groups is 1. The Bertz CT molecular complexity index is 583. The Kier molecular flexibility index (Phi) is 5.71. The molecule has 1 aromatic heterocycles. The van der Waals surface area contributed by atoms with E-state index in [4.69, 9.17) is 16.7 Å². The first kappa shape index (κ1) is 15.5. The Morgan fingerprint density at radius 1 is 1.33 bits per heavy atom. The highest BCUT2D eigenvalue weighted by molar-refractivity contribution is 6.30. The number of rotatable bonds is 7. The SMILES string of the molecule is O=C(Cn1cc(CCCO)nn1)NCc1ccc(Cl)cc1. The van der Waals surface area contributed by atoms with Crippen molar-refractivity contribution in [1.82, 2.24) is 20.3 Å². The molecule has 0 aliphatic rings. The van der Waals surface area contributed by atoms with Gasteiger partial charge < -0.3 is 10.4 Å². The van der Waals surface area contributed by atoms with Gasteiger partial charge in [-0.25, -0.2) is 4.68 Å². The quantitative estimate of drug-likeness (QED) is 0.805. The molecule has 0 saturated heterocycles. The number of aliphatic hydroxyl groups excluding tert-OH is 1. The fourth-order valence-corrected chi connectivity index (χ4v) is 1.92. The van der Waals surface area contributed by atoms with E-state index in [2.05, 4.69) is 15.6 Å². The third kappa shape index (κ3) is 5.17. The van der Waals surface area contributed by atoms with Crippen molar-refractivity contribution in [3.8, 4) is 0 Å². The number of hydrogen-bond donors (Lipinski definition) is 2. The molecule has 0 aliphatic heterocycles. The number of nitrogens with zero attached hydrogens (tertiary/aromatic N) is 3. The van der Waals surface area contributed by atoms with Crippen molar-refractivity contribution in [1.29, 1.82) is 0 Å². The number of aromatic nitrogens is 3. The van der Waals surface area contributed by atoms with Crippen LogP contribution in [0.5, 0.6) is 0 Å². The summed E-state index contributed by atoms with van der Waals surface area (Å²) in [6.45, 7) is 0.691. The largest absolute Gasteiger partial charge is 0.396 e. The molecule has 2 aromatic rings. The van der Waals surface area contributed by atoms with Gasteiger partial charge in [0, 0.05) is 24.4 Å². The molecule has 1 heterocycles. The summed E-state index contributed by atoms with van der Waals surface area (Å²) >= 11 is 5.80. The first-order chi connectivity index (χ1) is 10.2. The maximum absolute atomic E-state index is 11.8. The van der Waals surface area contributed by atoms with E-state index in [1.54, 1.807) is 18.3 Å². The lowest BCUT2D eigenvalue weighted by Gasteiger charge is -2.05. The minimum atomic E-state index is -0.136. The van der Waals surface area contributed by atoms with Crippen molar-refractivity contribution < 1.29 is 9.90 Å². The summed E-state index contributed by atoms with van der Waals surface area (Å²) in [5, 5.41) is 20.1. The van der Waals surface area contributed by atoms with E-state index >= 15 is 0 Å². The zero-order valence-corrected chi connectivity index (χ0v) is 12.3. The van der Waals surface area contributed by atoms with Gasteiger partial charge in [0.1, 0.15) is 6.54 Å². The van der Waals surface area contributed by atoms with Crippen LogP contribution in [0, 0.1) is 0 Å². The molecule has 7 heteroatoms. The average molecular weight is 309 g/mol. The lowest BCUT2D eigenvalue weighted by molar-refractivity contribution is -0.122. The predicted octanol–water partition coefficient (Wildman–Crippen LogP) is 1.17. The summed E-state index contributed by atoms with van der Waals surface area (Å²) in [4.78, 5) is 11.8. The van der Waals surface area contributed by atoms with Gasteiger partial charge in [0.25, 0.3) is 0 Å². The molecule has 1 aromatic carbocycles. The molecule has 0 atom stereocenters. The van der Waals surface area contributed by atoms with Crippen LogP contribution >= 0.6 is 11.6 Å². The van der Waals surface area contributed by atoms with Crippen LogP contribution in [0.4, 0.5) is 0 Å². The highest BCUT2D eigenvalue weighted by atomic mass is 35.5. The second-order valence-corrected chi connectivity index (χ2v) is 5.07. The van der Waals surface area contributed by atoms with E-state index in [9.17, 15) is 4.79 Å². The molecule has 2 rings (SSSR count). The van der Waals surface area contributed by atoms with Gasteiger partial charge in [0.05, 0.1) is 5.69 Å². The fraction of sp³-hybridized carbons (Fsp3) is 0.357. The number of benzene rings is 1. The molecule has 0 saturated carbocycles. The van der Waals surface area contributed by atoms with Crippen LogP contribution in [-0.2, 0) is 24.3 Å². The standard InChI is InChI=1S/C14H17ClN4O2/c15-12-5-3-11(4-6-12)8-16-14(21)10-19-9-13(17-18-19)2-1-7-20/h3-6,9,20H,1-2,7-8,10H2,(H,16,21). The highest BCUT2D eigenvalue weighted by Gasteiger charge is 2.06. The molecule has 0 radical (unpaired) electrons. The van der Waals surface area contributed by atoms with Gasteiger partial charge >= 0.3 is 0 Å². The zero-order chi connectivity index (χ0) is 15.1. The number of hydrogen-bond acceptors (Lipinski definition) is 4. The molecule has 6 nitrogen and oxygen atoms in total. The predicted molar refractivity (Wildman–Crippen MR) is 78.7 cm³/mol. The Hall–Kier alpha value is -1.92. The highest BCUT2D eigenvalue weighted by Crippen LogP contribution is 2.09. The number of aliphatic hydroxyl groups is 1. The summed E-state index contributed by atoms with van der Waals surface area (Å²) < 4.78 is 1.49. The first-order valence-corrected chi connectivity index (χ1v) is 7.06. The first-order valence-electron chi connectivity index (χ1n) is 6.68. The molecule has 0 bridgehead atoms. The molecule has 0 aliphatic carbocycles. The molecular formula is C14H17ClN4O2. The summed E-state index contributed by atoms with van der Waals surface area (Å²) in [5.74, 6) is -0.136. The minimum Gasteiger partial charge on any atom is -0.396 e. The van der Waals surface area contributed by atoms with Crippen LogP contribution in [0.3, 0.4) is 0 Å². The van der Waals surface area contributed by atoms with Gasteiger partial charge in [-0.15, -0.1) is 5.10 Å². The van der Waals surface area contributed by atoms with Gasteiger partial charge in [-0.05, 0) is 30.5 Å². The van der Waals surface area contributed by atoms with E-state index in [0.717, 1.165) is 11.3 Å². The molecule has 0 unspecified atom stereocenters. The van der Waals surface area contributed by atoms with E-state index in [0.29, 0.717) is 24.4 Å². The molecule has 1 amide bonds. The second kappa shape index (κ2) is 7.75. The summed E-state index contributed by atoms with van der Waals surface area (Å²) in [6.07, 6.45) is 3.02. The van der Waals surface area contributed by atoms with Crippen LogP contribution < -0.4 is 5.32 Å². The molecule has 0 spiro atoms. The van der Waals surface area contributed by atoms with Gasteiger partial charge in [-0.2, -0.15) is 0 Å². The van der Waals surface area contributed by atoms with Crippen molar-refractivity contribution in [3.05, 3.63) is 46.7 Å². The Morgan fingerprint density at radius 3 is 2.81 bits per heavy atom. The van der Waals surface area contributed by atoms with Crippen LogP contribution in [0.25, 0.3) is 0 Å². The topological polar surface area (TPSA) is 80.0 Å². The number of nitrogens with one attached hydrogen (secondary N) is 1. The molecule has 112 valence electrons. The lowest BCUT2D eigenvalue weighted by atomic mass is 10.2. The maximum atomic E-state index is 11.8. The third-order valence-electron chi connectivity index (χ3n) is 2.89.